The number of nitriles is 1. The van der Waals surface area contributed by atoms with Gasteiger partial charge in [0, 0.05) is 23.4 Å². The van der Waals surface area contributed by atoms with E-state index in [4.69, 9.17) is 16.6 Å². The molecule has 5 N–H and O–H groups in total. The lowest BCUT2D eigenvalue weighted by molar-refractivity contribution is -0.136. The van der Waals surface area contributed by atoms with E-state index in [0.717, 1.165) is 0 Å². The molecule has 1 atom stereocenters. The Labute approximate surface area is 172 Å². The Bertz CT molecular complexity index is 1100. The molecule has 0 spiro atoms. The van der Waals surface area contributed by atoms with Crippen molar-refractivity contribution >= 4 is 30.1 Å². The zero-order chi connectivity index (χ0) is 21.0. The highest BCUT2D eigenvalue weighted by atomic mass is 32.1. The molecular formula is C20H18N6O2S. The highest BCUT2D eigenvalue weighted by Crippen LogP contribution is 2.31. The summed E-state index contributed by atoms with van der Waals surface area (Å²) in [4.78, 5) is 24.0. The number of carbonyl (C=O) groups is 1. The van der Waals surface area contributed by atoms with E-state index in [-0.39, 0.29) is 17.8 Å². The number of nitrogens with zero attached hydrogens (tertiary/aromatic N) is 4. The Kier molecular flexibility index (Phi) is 5.95. The number of pyridine rings is 1. The fourth-order valence-electron chi connectivity index (χ4n) is 2.74. The molecule has 0 saturated carbocycles. The van der Waals surface area contributed by atoms with Crippen LogP contribution in [0.25, 0.3) is 11.3 Å². The number of nitrogens with two attached hydrogens (primary N) is 2. The molecule has 0 amide bonds. The van der Waals surface area contributed by atoms with E-state index in [1.807, 2.05) is 6.07 Å². The van der Waals surface area contributed by atoms with Crippen LogP contribution in [0.4, 0.5) is 11.5 Å². The first-order chi connectivity index (χ1) is 13.9. The Morgan fingerprint density at radius 2 is 1.86 bits per heavy atom. The maximum absolute atomic E-state index is 10.8. The first-order valence-electron chi connectivity index (χ1n) is 8.68. The quantitative estimate of drug-likeness (QED) is 0.360. The molecule has 0 aliphatic heterocycles. The van der Waals surface area contributed by atoms with Crippen LogP contribution in [0.5, 0.6) is 0 Å². The van der Waals surface area contributed by atoms with E-state index in [0.29, 0.717) is 40.6 Å². The third-order valence-corrected chi connectivity index (χ3v) is 4.69. The van der Waals surface area contributed by atoms with Crippen molar-refractivity contribution in [2.24, 2.45) is 0 Å². The van der Waals surface area contributed by atoms with Gasteiger partial charge in [-0.05, 0) is 24.3 Å². The van der Waals surface area contributed by atoms with E-state index in [1.165, 1.54) is 0 Å². The number of aromatic nitrogens is 3. The van der Waals surface area contributed by atoms with Gasteiger partial charge in [0.15, 0.2) is 0 Å². The molecule has 1 aromatic carbocycles. The largest absolute Gasteiger partial charge is 0.481 e. The smallest absolute Gasteiger partial charge is 0.303 e. The lowest BCUT2D eigenvalue weighted by Crippen LogP contribution is -2.10. The molecule has 0 aliphatic rings. The molecule has 29 heavy (non-hydrogen) atoms. The molecule has 2 aromatic heterocycles. The number of nitrogen functional groups attached to an aromatic ring is 2. The van der Waals surface area contributed by atoms with Crippen LogP contribution in [0.15, 0.2) is 42.5 Å². The van der Waals surface area contributed by atoms with Crippen molar-refractivity contribution in [1.82, 2.24) is 15.0 Å². The van der Waals surface area contributed by atoms with Crippen molar-refractivity contribution in [1.29, 1.82) is 5.26 Å². The maximum atomic E-state index is 10.8. The number of carboxylic acids is 1. The number of thiol groups is 1. The second-order valence-electron chi connectivity index (χ2n) is 6.27. The lowest BCUT2D eigenvalue weighted by Gasteiger charge is -2.14. The van der Waals surface area contributed by atoms with Crippen molar-refractivity contribution in [2.75, 3.05) is 11.5 Å². The summed E-state index contributed by atoms with van der Waals surface area (Å²) in [6.07, 6.45) is 0.284. The fourth-order valence-corrected chi connectivity index (χ4v) is 2.99. The van der Waals surface area contributed by atoms with Crippen molar-refractivity contribution < 1.29 is 9.90 Å². The molecule has 0 saturated heterocycles. The molecule has 2 heterocycles. The molecule has 0 bridgehead atoms. The summed E-state index contributed by atoms with van der Waals surface area (Å²) in [5, 5.41) is 17.7. The number of hydrogen-bond acceptors (Lipinski definition) is 8. The first-order valence-corrected chi connectivity index (χ1v) is 9.19. The van der Waals surface area contributed by atoms with Gasteiger partial charge >= 0.3 is 5.97 Å². The highest BCUT2D eigenvalue weighted by molar-refractivity contribution is 7.80. The second-order valence-corrected chi connectivity index (χ2v) is 6.79. The number of carboxylic acid groups (broad SMARTS) is 1. The Balaban J connectivity index is 2.01. The summed E-state index contributed by atoms with van der Waals surface area (Å²) in [5.41, 5.74) is 14.8. The topological polar surface area (TPSA) is 152 Å². The van der Waals surface area contributed by atoms with Gasteiger partial charge in [-0.15, -0.1) is 0 Å². The molecule has 0 aliphatic carbocycles. The number of aryl methyl sites for hydroxylation is 1. The minimum atomic E-state index is -0.893. The van der Waals surface area contributed by atoms with Gasteiger partial charge in [0.2, 0.25) is 0 Å². The predicted molar refractivity (Wildman–Crippen MR) is 112 cm³/mol. The summed E-state index contributed by atoms with van der Waals surface area (Å²) < 4.78 is 0. The monoisotopic (exact) mass is 406 g/mol. The number of aliphatic carboxylic acids is 1. The van der Waals surface area contributed by atoms with Gasteiger partial charge in [-0.3, -0.25) is 9.78 Å². The van der Waals surface area contributed by atoms with Crippen LogP contribution >= 0.6 is 12.6 Å². The van der Waals surface area contributed by atoms with Crippen molar-refractivity contribution in [3.63, 3.8) is 0 Å². The summed E-state index contributed by atoms with van der Waals surface area (Å²) >= 11 is 4.59. The average molecular weight is 406 g/mol. The van der Waals surface area contributed by atoms with Crippen LogP contribution in [-0.2, 0) is 11.2 Å². The molecule has 3 rings (SSSR count). The van der Waals surface area contributed by atoms with Crippen molar-refractivity contribution in [2.45, 2.75) is 18.1 Å². The summed E-state index contributed by atoms with van der Waals surface area (Å²) in [5.74, 6) is -0.555. The SMILES string of the molecule is N#Cc1c(N)nc(C(S)c2cccc(CCC(=O)O)n2)nc1-c1ccc(N)cc1. The summed E-state index contributed by atoms with van der Waals surface area (Å²) in [7, 11) is 0. The van der Waals surface area contributed by atoms with Gasteiger partial charge in [0.05, 0.1) is 17.8 Å². The molecule has 0 fully saturated rings. The zero-order valence-corrected chi connectivity index (χ0v) is 16.2. The van der Waals surface area contributed by atoms with Gasteiger partial charge < -0.3 is 16.6 Å². The van der Waals surface area contributed by atoms with Gasteiger partial charge in [-0.25, -0.2) is 9.97 Å². The lowest BCUT2D eigenvalue weighted by atomic mass is 10.1. The van der Waals surface area contributed by atoms with Crippen LogP contribution in [-0.4, -0.2) is 26.0 Å². The predicted octanol–water partition coefficient (Wildman–Crippen LogP) is 2.61. The van der Waals surface area contributed by atoms with Gasteiger partial charge in [0.1, 0.15) is 28.5 Å². The Morgan fingerprint density at radius 1 is 1.14 bits per heavy atom. The maximum Gasteiger partial charge on any atom is 0.303 e. The fraction of sp³-hybridized carbons (Fsp3) is 0.150. The summed E-state index contributed by atoms with van der Waals surface area (Å²) in [6, 6.07) is 14.2. The van der Waals surface area contributed by atoms with Gasteiger partial charge in [-0.1, -0.05) is 18.2 Å². The average Bonchev–Trinajstić information content (AvgIpc) is 2.72. The highest BCUT2D eigenvalue weighted by Gasteiger charge is 2.20. The van der Waals surface area contributed by atoms with Crippen LogP contribution < -0.4 is 11.5 Å². The third-order valence-electron chi connectivity index (χ3n) is 4.20. The molecule has 8 nitrogen and oxygen atoms in total. The molecule has 0 radical (unpaired) electrons. The van der Waals surface area contributed by atoms with E-state index in [9.17, 15) is 10.1 Å². The van der Waals surface area contributed by atoms with E-state index in [1.54, 1.807) is 42.5 Å². The zero-order valence-electron chi connectivity index (χ0n) is 15.3. The first kappa shape index (κ1) is 20.1. The normalized spacial score (nSPS) is 11.6. The van der Waals surface area contributed by atoms with E-state index < -0.39 is 11.2 Å². The second kappa shape index (κ2) is 8.58. The van der Waals surface area contributed by atoms with Crippen molar-refractivity contribution in [3.8, 4) is 17.3 Å². The minimum Gasteiger partial charge on any atom is -0.481 e. The van der Waals surface area contributed by atoms with Crippen LogP contribution in [0.3, 0.4) is 0 Å². The van der Waals surface area contributed by atoms with Gasteiger partial charge in [0.25, 0.3) is 0 Å². The molecular weight excluding hydrogens is 388 g/mol. The molecule has 146 valence electrons. The van der Waals surface area contributed by atoms with E-state index in [2.05, 4.69) is 27.6 Å². The Hall–Kier alpha value is -3.64. The minimum absolute atomic E-state index is 0.0186. The number of benzene rings is 1. The molecule has 1 unspecified atom stereocenters. The number of rotatable bonds is 6. The summed E-state index contributed by atoms with van der Waals surface area (Å²) in [6.45, 7) is 0. The molecule has 9 heteroatoms. The van der Waals surface area contributed by atoms with Crippen LogP contribution in [0.1, 0.15) is 34.4 Å². The van der Waals surface area contributed by atoms with Gasteiger partial charge in [-0.2, -0.15) is 17.9 Å². The molecule has 3 aromatic rings. The Morgan fingerprint density at radius 3 is 2.52 bits per heavy atom. The number of anilines is 2. The number of hydrogen-bond donors (Lipinski definition) is 4. The van der Waals surface area contributed by atoms with Crippen LogP contribution in [0.2, 0.25) is 0 Å². The van der Waals surface area contributed by atoms with E-state index >= 15 is 0 Å². The van der Waals surface area contributed by atoms with Crippen molar-refractivity contribution in [3.05, 3.63) is 65.2 Å². The standard InChI is InChI=1S/C20H18N6O2S/c21-10-14-17(11-4-6-12(22)7-5-11)25-20(26-19(14)23)18(29)15-3-1-2-13(24-15)8-9-16(27)28/h1-7,18,29H,8-9,22H2,(H,27,28)(H2,23,25,26). The van der Waals surface area contributed by atoms with Crippen LogP contribution in [0, 0.1) is 11.3 Å². The third kappa shape index (κ3) is 4.62.